The van der Waals surface area contributed by atoms with Crippen LogP contribution in [-0.4, -0.2) is 30.4 Å². The Kier molecular flexibility index (Phi) is 4.99. The fourth-order valence-electron chi connectivity index (χ4n) is 2.36. The molecule has 1 amide bonds. The van der Waals surface area contributed by atoms with Crippen molar-refractivity contribution >= 4 is 23.2 Å². The second-order valence-electron chi connectivity index (χ2n) is 5.14. The highest BCUT2D eigenvalue weighted by molar-refractivity contribution is 6.31. The molecular weight excluding hydrogens is 274 g/mol. The molecule has 0 saturated carbocycles. The van der Waals surface area contributed by atoms with Crippen LogP contribution in [0.4, 0.5) is 5.69 Å². The third kappa shape index (κ3) is 3.72. The Bertz CT molecular complexity index is 530. The van der Waals surface area contributed by atoms with Gasteiger partial charge in [-0.15, -0.1) is 0 Å². The molecule has 1 aliphatic rings. The van der Waals surface area contributed by atoms with Crippen LogP contribution in [0.5, 0.6) is 0 Å². The Balaban J connectivity index is 1.87. The number of hydrogen-bond donors (Lipinski definition) is 1. The van der Waals surface area contributed by atoms with Crippen LogP contribution in [0.1, 0.15) is 18.4 Å². The molecule has 0 unspecified atom stereocenters. The molecule has 1 aliphatic heterocycles. The lowest BCUT2D eigenvalue weighted by atomic mass is 9.99. The molecule has 1 aromatic rings. The number of amides is 1. The number of nitrogens with zero attached hydrogens (tertiary/aromatic N) is 2. The number of carbonyl (C=O) groups excluding carboxylic acids is 1. The summed E-state index contributed by atoms with van der Waals surface area (Å²) < 4.78 is 0. The third-order valence-corrected chi connectivity index (χ3v) is 4.09. The van der Waals surface area contributed by atoms with Crippen molar-refractivity contribution in [3.63, 3.8) is 0 Å². The van der Waals surface area contributed by atoms with Crippen LogP contribution >= 0.6 is 11.6 Å². The van der Waals surface area contributed by atoms with Crippen LogP contribution in [0.2, 0.25) is 5.02 Å². The van der Waals surface area contributed by atoms with Gasteiger partial charge < -0.3 is 5.32 Å². The van der Waals surface area contributed by atoms with E-state index in [2.05, 4.69) is 16.3 Å². The van der Waals surface area contributed by atoms with E-state index in [0.29, 0.717) is 11.6 Å². The number of benzene rings is 1. The van der Waals surface area contributed by atoms with Crippen molar-refractivity contribution < 1.29 is 4.79 Å². The van der Waals surface area contributed by atoms with Crippen molar-refractivity contribution in [1.82, 2.24) is 4.90 Å². The number of likely N-dealkylation sites (tertiary alicyclic amines) is 1. The van der Waals surface area contributed by atoms with Crippen LogP contribution in [0.15, 0.2) is 18.2 Å². The van der Waals surface area contributed by atoms with Gasteiger partial charge in [0.2, 0.25) is 5.91 Å². The lowest BCUT2D eigenvalue weighted by Gasteiger charge is -2.28. The second-order valence-corrected chi connectivity index (χ2v) is 5.55. The summed E-state index contributed by atoms with van der Waals surface area (Å²) in [5.74, 6) is 0.107. The summed E-state index contributed by atoms with van der Waals surface area (Å²) in [7, 11) is 0. The van der Waals surface area contributed by atoms with E-state index in [1.807, 2.05) is 19.1 Å². The maximum Gasteiger partial charge on any atom is 0.238 e. The molecule has 1 aromatic carbocycles. The summed E-state index contributed by atoms with van der Waals surface area (Å²) in [6.45, 7) is 3.86. The second kappa shape index (κ2) is 6.74. The number of nitrogens with one attached hydrogen (secondary N) is 1. The molecule has 0 spiro atoms. The largest absolute Gasteiger partial charge is 0.325 e. The lowest BCUT2D eigenvalue weighted by Crippen LogP contribution is -2.39. The first-order valence-corrected chi connectivity index (χ1v) is 7.15. The number of hydrogen-bond acceptors (Lipinski definition) is 3. The first kappa shape index (κ1) is 14.8. The fraction of sp³-hybridized carbons (Fsp3) is 0.467. The molecule has 1 heterocycles. The van der Waals surface area contributed by atoms with Crippen molar-refractivity contribution in [3.8, 4) is 6.07 Å². The zero-order valence-corrected chi connectivity index (χ0v) is 12.3. The van der Waals surface area contributed by atoms with E-state index < -0.39 is 0 Å². The van der Waals surface area contributed by atoms with E-state index in [0.717, 1.165) is 37.2 Å². The summed E-state index contributed by atoms with van der Waals surface area (Å²) in [4.78, 5) is 14.1. The van der Waals surface area contributed by atoms with Crippen molar-refractivity contribution in [2.24, 2.45) is 5.92 Å². The van der Waals surface area contributed by atoms with Crippen LogP contribution in [0.25, 0.3) is 0 Å². The number of carbonyl (C=O) groups is 1. The number of piperidine rings is 1. The summed E-state index contributed by atoms with van der Waals surface area (Å²) in [6, 6.07) is 7.77. The smallest absolute Gasteiger partial charge is 0.238 e. The normalized spacial score (nSPS) is 16.6. The van der Waals surface area contributed by atoms with E-state index >= 15 is 0 Å². The number of rotatable bonds is 3. The van der Waals surface area contributed by atoms with Gasteiger partial charge in [-0.2, -0.15) is 5.26 Å². The predicted molar refractivity (Wildman–Crippen MR) is 79.6 cm³/mol. The van der Waals surface area contributed by atoms with Crippen LogP contribution in [-0.2, 0) is 4.79 Å². The van der Waals surface area contributed by atoms with E-state index in [9.17, 15) is 4.79 Å². The zero-order valence-electron chi connectivity index (χ0n) is 11.5. The number of anilines is 1. The Morgan fingerprint density at radius 2 is 2.20 bits per heavy atom. The van der Waals surface area contributed by atoms with Crippen LogP contribution in [0.3, 0.4) is 0 Å². The molecule has 20 heavy (non-hydrogen) atoms. The molecule has 1 N–H and O–H groups in total. The minimum absolute atomic E-state index is 0.0363. The molecule has 106 valence electrons. The van der Waals surface area contributed by atoms with Crippen molar-refractivity contribution in [1.29, 1.82) is 5.26 Å². The zero-order chi connectivity index (χ0) is 14.5. The van der Waals surface area contributed by atoms with Gasteiger partial charge in [0.25, 0.3) is 0 Å². The standard InChI is InChI=1S/C15H18ClN3O/c1-11-13(16)3-2-4-14(11)18-15(20)10-19-7-5-12(9-17)6-8-19/h2-4,12H,5-8,10H2,1H3,(H,18,20). The highest BCUT2D eigenvalue weighted by atomic mass is 35.5. The third-order valence-electron chi connectivity index (χ3n) is 3.68. The van der Waals surface area contributed by atoms with Gasteiger partial charge in [-0.25, -0.2) is 0 Å². The van der Waals surface area contributed by atoms with Gasteiger partial charge in [0, 0.05) is 16.6 Å². The first-order valence-electron chi connectivity index (χ1n) is 6.77. The Morgan fingerprint density at radius 3 is 2.85 bits per heavy atom. The summed E-state index contributed by atoms with van der Waals surface area (Å²) in [5, 5.41) is 12.4. The van der Waals surface area contributed by atoms with E-state index in [-0.39, 0.29) is 11.8 Å². The Hall–Kier alpha value is -1.57. The quantitative estimate of drug-likeness (QED) is 0.931. The molecule has 5 heteroatoms. The maximum absolute atomic E-state index is 12.0. The van der Waals surface area contributed by atoms with Crippen LogP contribution in [0, 0.1) is 24.2 Å². The fourth-order valence-corrected chi connectivity index (χ4v) is 2.53. The molecular formula is C15H18ClN3O. The number of halogens is 1. The average molecular weight is 292 g/mol. The van der Waals surface area contributed by atoms with Gasteiger partial charge in [0.15, 0.2) is 0 Å². The van der Waals surface area contributed by atoms with E-state index in [1.165, 1.54) is 0 Å². The SMILES string of the molecule is Cc1c(Cl)cccc1NC(=O)CN1CCC(C#N)CC1. The predicted octanol–water partition coefficient (Wildman–Crippen LogP) is 2.82. The summed E-state index contributed by atoms with van der Waals surface area (Å²) >= 11 is 6.03. The molecule has 1 fully saturated rings. The molecule has 0 atom stereocenters. The van der Waals surface area contributed by atoms with E-state index in [4.69, 9.17) is 16.9 Å². The van der Waals surface area contributed by atoms with Crippen molar-refractivity contribution in [3.05, 3.63) is 28.8 Å². The monoisotopic (exact) mass is 291 g/mol. The highest BCUT2D eigenvalue weighted by Gasteiger charge is 2.20. The van der Waals surface area contributed by atoms with E-state index in [1.54, 1.807) is 6.07 Å². The molecule has 4 nitrogen and oxygen atoms in total. The van der Waals surface area contributed by atoms with Crippen LogP contribution < -0.4 is 5.32 Å². The van der Waals surface area contributed by atoms with Crippen molar-refractivity contribution in [2.75, 3.05) is 25.0 Å². The van der Waals surface area contributed by atoms with Gasteiger partial charge in [0.1, 0.15) is 0 Å². The summed E-state index contributed by atoms with van der Waals surface area (Å²) in [6.07, 6.45) is 1.69. The Morgan fingerprint density at radius 1 is 1.50 bits per heavy atom. The lowest BCUT2D eigenvalue weighted by molar-refractivity contribution is -0.117. The molecule has 0 bridgehead atoms. The van der Waals surface area contributed by atoms with Crippen molar-refractivity contribution in [2.45, 2.75) is 19.8 Å². The Labute approximate surface area is 124 Å². The van der Waals surface area contributed by atoms with Gasteiger partial charge >= 0.3 is 0 Å². The minimum atomic E-state index is -0.0363. The van der Waals surface area contributed by atoms with Gasteiger partial charge in [-0.3, -0.25) is 9.69 Å². The summed E-state index contributed by atoms with van der Waals surface area (Å²) in [5.41, 5.74) is 1.64. The molecule has 0 aromatic heterocycles. The van der Waals surface area contributed by atoms with Gasteiger partial charge in [-0.05, 0) is 50.6 Å². The topological polar surface area (TPSA) is 56.1 Å². The molecule has 2 rings (SSSR count). The first-order chi connectivity index (χ1) is 9.60. The van der Waals surface area contributed by atoms with Gasteiger partial charge in [-0.1, -0.05) is 17.7 Å². The molecule has 0 aliphatic carbocycles. The molecule has 0 radical (unpaired) electrons. The van der Waals surface area contributed by atoms with Gasteiger partial charge in [0.05, 0.1) is 12.6 Å². The average Bonchev–Trinajstić information content (AvgIpc) is 2.45. The highest BCUT2D eigenvalue weighted by Crippen LogP contribution is 2.23. The number of nitriles is 1. The maximum atomic E-state index is 12.0. The molecule has 1 saturated heterocycles. The minimum Gasteiger partial charge on any atom is -0.325 e.